The van der Waals surface area contributed by atoms with Crippen LogP contribution in [-0.2, 0) is 25.6 Å². The first-order valence-electron chi connectivity index (χ1n) is 21.9. The van der Waals surface area contributed by atoms with E-state index in [0.717, 1.165) is 40.5 Å². The standard InChI is InChI=1S/C58H42N2O10/c1-3-51(61)59-43-25-29-45(30-26-43)67-57(65)41-19-13-37(14-20-41)17-35-53(63)69-49-33-23-39-9-5-7-11-47(39)55(49)56-48-12-8-6-10-40(48)24-34-50(56)70-54(64)36-18-38-15-21-42(22-16-38)58(66)68-46-31-27-44(28-32-46)60-52(62)4-2/h3-7,9-11,13-36H,1-2,8,12H2,(H,59,61)(H,60,62)/b35-17+,36-18+. The SMILES string of the molecule is C=CC(=O)Nc1ccc(OC(=O)c2ccc(/C=C/C(=O)Oc3ccc4c(c3-c3c(OC(=O)/C=C/c5ccc(C(=O)Oc6ccc(NC(=O)C=C)cc6)cc5)ccc5ccccc35)CCC=C4)cc2)cc1. The van der Waals surface area contributed by atoms with E-state index in [1.807, 2.05) is 42.5 Å². The zero-order chi connectivity index (χ0) is 49.0. The monoisotopic (exact) mass is 926 g/mol. The Balaban J connectivity index is 0.971. The molecule has 0 atom stereocenters. The van der Waals surface area contributed by atoms with Crippen molar-refractivity contribution < 1.29 is 47.7 Å². The molecule has 2 N–H and O–H groups in total. The summed E-state index contributed by atoms with van der Waals surface area (Å²) in [6, 6.07) is 40.5. The highest BCUT2D eigenvalue weighted by atomic mass is 16.5. The van der Waals surface area contributed by atoms with Crippen molar-refractivity contribution in [1.29, 1.82) is 0 Å². The topological polar surface area (TPSA) is 163 Å². The Bertz CT molecular complexity index is 3280. The number of benzene rings is 7. The first-order chi connectivity index (χ1) is 34.0. The summed E-state index contributed by atoms with van der Waals surface area (Å²) >= 11 is 0. The second-order valence-electron chi connectivity index (χ2n) is 15.6. The third-order valence-electron chi connectivity index (χ3n) is 10.9. The molecule has 0 saturated heterocycles. The zero-order valence-corrected chi connectivity index (χ0v) is 37.4. The molecule has 0 unspecified atom stereocenters. The number of fused-ring (bicyclic) bond motifs is 2. The van der Waals surface area contributed by atoms with Crippen molar-refractivity contribution in [2.75, 3.05) is 10.6 Å². The number of esters is 4. The second kappa shape index (κ2) is 21.7. The van der Waals surface area contributed by atoms with E-state index in [1.165, 1.54) is 12.2 Å². The molecule has 12 nitrogen and oxygen atoms in total. The molecule has 0 fully saturated rings. The lowest BCUT2D eigenvalue weighted by Gasteiger charge is -2.22. The smallest absolute Gasteiger partial charge is 0.343 e. The van der Waals surface area contributed by atoms with E-state index >= 15 is 0 Å². The van der Waals surface area contributed by atoms with Gasteiger partial charge >= 0.3 is 23.9 Å². The number of carbonyl (C=O) groups is 6. The van der Waals surface area contributed by atoms with Gasteiger partial charge in [0.15, 0.2) is 0 Å². The van der Waals surface area contributed by atoms with Gasteiger partial charge in [-0.05, 0) is 155 Å². The van der Waals surface area contributed by atoms with E-state index in [4.69, 9.17) is 18.9 Å². The van der Waals surface area contributed by atoms with Gasteiger partial charge in [-0.2, -0.15) is 0 Å². The Labute approximate surface area is 402 Å². The predicted molar refractivity (Wildman–Crippen MR) is 269 cm³/mol. The maximum Gasteiger partial charge on any atom is 0.343 e. The Hall–Kier alpha value is -9.68. The van der Waals surface area contributed by atoms with E-state index in [-0.39, 0.29) is 45.9 Å². The highest BCUT2D eigenvalue weighted by Crippen LogP contribution is 2.46. The average molecular weight is 927 g/mol. The summed E-state index contributed by atoms with van der Waals surface area (Å²) in [6.07, 6.45) is 13.5. The zero-order valence-electron chi connectivity index (χ0n) is 37.4. The number of allylic oxidation sites excluding steroid dienone is 1. The average Bonchev–Trinajstić information content (AvgIpc) is 3.38. The highest BCUT2D eigenvalue weighted by Gasteiger charge is 2.24. The van der Waals surface area contributed by atoms with Crippen molar-refractivity contribution in [1.82, 2.24) is 0 Å². The van der Waals surface area contributed by atoms with E-state index in [2.05, 4.69) is 29.9 Å². The normalized spacial score (nSPS) is 11.6. The summed E-state index contributed by atoms with van der Waals surface area (Å²) in [4.78, 5) is 76.0. The summed E-state index contributed by atoms with van der Waals surface area (Å²) in [6.45, 7) is 6.85. The number of nitrogens with one attached hydrogen (secondary N) is 2. The molecule has 344 valence electrons. The van der Waals surface area contributed by atoms with Crippen LogP contribution in [0.25, 0.3) is 40.1 Å². The van der Waals surface area contributed by atoms with Crippen LogP contribution in [0.4, 0.5) is 11.4 Å². The largest absolute Gasteiger partial charge is 0.423 e. The number of hydrogen-bond acceptors (Lipinski definition) is 10. The summed E-state index contributed by atoms with van der Waals surface area (Å²) in [5, 5.41) is 6.91. The van der Waals surface area contributed by atoms with Crippen LogP contribution in [0.15, 0.2) is 189 Å². The van der Waals surface area contributed by atoms with Crippen LogP contribution in [0.3, 0.4) is 0 Å². The molecule has 8 rings (SSSR count). The van der Waals surface area contributed by atoms with Crippen molar-refractivity contribution >= 4 is 76.1 Å². The van der Waals surface area contributed by atoms with Crippen LogP contribution in [-0.4, -0.2) is 35.7 Å². The molecule has 12 heteroatoms. The molecule has 7 aromatic rings. The van der Waals surface area contributed by atoms with Crippen molar-refractivity contribution in [3.8, 4) is 34.1 Å². The Kier molecular flexibility index (Phi) is 14.6. The molecule has 1 aliphatic carbocycles. The minimum atomic E-state index is -0.664. The van der Waals surface area contributed by atoms with Gasteiger partial charge in [-0.25, -0.2) is 19.2 Å². The lowest BCUT2D eigenvalue weighted by atomic mass is 9.86. The fourth-order valence-corrected chi connectivity index (χ4v) is 7.46. The van der Waals surface area contributed by atoms with Crippen LogP contribution in [0.5, 0.6) is 23.0 Å². The van der Waals surface area contributed by atoms with Gasteiger partial charge in [0, 0.05) is 34.7 Å². The number of carbonyl (C=O) groups excluding carboxylic acids is 6. The van der Waals surface area contributed by atoms with Gasteiger partial charge in [0.05, 0.1) is 11.1 Å². The quantitative estimate of drug-likeness (QED) is 0.0575. The van der Waals surface area contributed by atoms with Crippen LogP contribution in [0.2, 0.25) is 0 Å². The molecule has 0 saturated carbocycles. The Morgan fingerprint density at radius 1 is 0.500 bits per heavy atom. The molecule has 70 heavy (non-hydrogen) atoms. The molecule has 0 heterocycles. The number of hydrogen-bond donors (Lipinski definition) is 2. The van der Waals surface area contributed by atoms with Crippen LogP contribution < -0.4 is 29.6 Å². The van der Waals surface area contributed by atoms with Crippen molar-refractivity contribution in [3.63, 3.8) is 0 Å². The van der Waals surface area contributed by atoms with Crippen LogP contribution >= 0.6 is 0 Å². The van der Waals surface area contributed by atoms with E-state index < -0.39 is 23.9 Å². The third kappa shape index (κ3) is 11.6. The molecule has 7 aromatic carbocycles. The summed E-state index contributed by atoms with van der Waals surface area (Å²) < 4.78 is 23.1. The first-order valence-corrected chi connectivity index (χ1v) is 21.9. The molecule has 0 radical (unpaired) electrons. The molecular formula is C58H42N2O10. The maximum absolute atomic E-state index is 13.6. The number of rotatable bonds is 15. The minimum Gasteiger partial charge on any atom is -0.423 e. The number of anilines is 2. The molecule has 1 aliphatic rings. The van der Waals surface area contributed by atoms with Gasteiger partial charge in [-0.1, -0.05) is 86.0 Å². The summed E-state index contributed by atoms with van der Waals surface area (Å²) in [7, 11) is 0. The lowest BCUT2D eigenvalue weighted by Crippen LogP contribution is -2.10. The van der Waals surface area contributed by atoms with Gasteiger partial charge in [-0.3, -0.25) is 9.59 Å². The first kappa shape index (κ1) is 46.8. The Morgan fingerprint density at radius 3 is 1.50 bits per heavy atom. The van der Waals surface area contributed by atoms with E-state index in [9.17, 15) is 28.8 Å². The van der Waals surface area contributed by atoms with Gasteiger partial charge < -0.3 is 29.6 Å². The maximum atomic E-state index is 13.6. The van der Waals surface area contributed by atoms with Gasteiger partial charge in [0.25, 0.3) is 0 Å². The predicted octanol–water partition coefficient (Wildman–Crippen LogP) is 11.4. The molecule has 0 aliphatic heterocycles. The summed E-state index contributed by atoms with van der Waals surface area (Å²) in [5.74, 6) is -2.12. The minimum absolute atomic E-state index is 0.256. The summed E-state index contributed by atoms with van der Waals surface area (Å²) in [5.41, 5.74) is 5.91. The molecule has 2 amide bonds. The fourth-order valence-electron chi connectivity index (χ4n) is 7.46. The molecule has 0 spiro atoms. The molecular weight excluding hydrogens is 885 g/mol. The fraction of sp³-hybridized carbons (Fsp3) is 0.0345. The van der Waals surface area contributed by atoms with Gasteiger partial charge in [0.2, 0.25) is 11.8 Å². The van der Waals surface area contributed by atoms with Crippen molar-refractivity contribution in [2.45, 2.75) is 12.8 Å². The molecule has 0 aromatic heterocycles. The lowest BCUT2D eigenvalue weighted by molar-refractivity contribution is -0.129. The Morgan fingerprint density at radius 2 is 0.986 bits per heavy atom. The van der Waals surface area contributed by atoms with Crippen molar-refractivity contribution in [3.05, 3.63) is 223 Å². The third-order valence-corrected chi connectivity index (χ3v) is 10.9. The van der Waals surface area contributed by atoms with Gasteiger partial charge in [-0.15, -0.1) is 0 Å². The van der Waals surface area contributed by atoms with Crippen LogP contribution in [0, 0.1) is 0 Å². The van der Waals surface area contributed by atoms with Crippen LogP contribution in [0.1, 0.15) is 49.4 Å². The highest BCUT2D eigenvalue weighted by molar-refractivity contribution is 6.05. The number of ether oxygens (including phenoxy) is 4. The second-order valence-corrected chi connectivity index (χ2v) is 15.6. The van der Waals surface area contributed by atoms with E-state index in [1.54, 1.807) is 121 Å². The van der Waals surface area contributed by atoms with E-state index in [0.29, 0.717) is 40.0 Å². The van der Waals surface area contributed by atoms with Gasteiger partial charge in [0.1, 0.15) is 23.0 Å². The van der Waals surface area contributed by atoms with Crippen molar-refractivity contribution in [2.24, 2.45) is 0 Å². The number of amides is 2. The molecule has 0 bridgehead atoms.